The maximum atomic E-state index is 13.4. The molecule has 1 fully saturated rings. The first-order valence-corrected chi connectivity index (χ1v) is 9.72. The molecule has 0 spiro atoms. The summed E-state index contributed by atoms with van der Waals surface area (Å²) in [5, 5.41) is 12.8. The number of phenols is 1. The van der Waals surface area contributed by atoms with Crippen LogP contribution in [0.3, 0.4) is 0 Å². The Morgan fingerprint density at radius 2 is 1.61 bits per heavy atom. The lowest BCUT2D eigenvalue weighted by atomic mass is 9.82. The molecule has 28 heavy (non-hydrogen) atoms. The first-order chi connectivity index (χ1) is 13.5. The number of nitrogens with zero attached hydrogens (tertiary/aromatic N) is 2. The van der Waals surface area contributed by atoms with Gasteiger partial charge < -0.3 is 9.84 Å². The number of benzene rings is 2. The summed E-state index contributed by atoms with van der Waals surface area (Å²) in [6, 6.07) is 10.2. The van der Waals surface area contributed by atoms with Crippen molar-refractivity contribution in [2.45, 2.75) is 13.3 Å². The largest absolute Gasteiger partial charge is 0.507 e. The monoisotopic (exact) mass is 381 g/mol. The lowest BCUT2D eigenvalue weighted by Crippen LogP contribution is -2.63. The van der Waals surface area contributed by atoms with Crippen LogP contribution in [0.25, 0.3) is 0 Å². The molecule has 0 amide bonds. The number of phenolic OH excluding ortho intramolecular Hbond substituents is 1. The second kappa shape index (κ2) is 7.13. The molecule has 1 heterocycles. The quantitative estimate of drug-likeness (QED) is 0.704. The van der Waals surface area contributed by atoms with Gasteiger partial charge in [0.15, 0.2) is 11.5 Å². The Labute approximate surface area is 164 Å². The lowest BCUT2D eigenvalue weighted by molar-refractivity contribution is -0.0699. The molecule has 6 nitrogen and oxygen atoms in total. The zero-order valence-corrected chi connectivity index (χ0v) is 16.3. The molecule has 4 rings (SSSR count). The number of carbonyl (C=O) groups is 2. The van der Waals surface area contributed by atoms with E-state index in [0.29, 0.717) is 34.5 Å². The molecule has 2 aromatic rings. The number of rotatable bonds is 4. The van der Waals surface area contributed by atoms with Crippen LogP contribution in [0.15, 0.2) is 36.4 Å². The van der Waals surface area contributed by atoms with Crippen LogP contribution in [0.4, 0.5) is 5.69 Å². The van der Waals surface area contributed by atoms with Crippen molar-refractivity contribution in [2.75, 3.05) is 39.9 Å². The fourth-order valence-electron chi connectivity index (χ4n) is 4.44. The summed E-state index contributed by atoms with van der Waals surface area (Å²) in [7, 11) is 2.07. The van der Waals surface area contributed by atoms with Crippen molar-refractivity contribution < 1.29 is 19.4 Å². The van der Waals surface area contributed by atoms with Gasteiger partial charge in [-0.2, -0.15) is 0 Å². The van der Waals surface area contributed by atoms with Crippen LogP contribution in [0.2, 0.25) is 0 Å². The van der Waals surface area contributed by atoms with Crippen molar-refractivity contribution in [3.63, 3.8) is 0 Å². The fraction of sp³-hybridized carbons (Fsp3) is 0.364. The van der Waals surface area contributed by atoms with Crippen LogP contribution in [0, 0.1) is 0 Å². The molecule has 0 bridgehead atoms. The Morgan fingerprint density at radius 3 is 2.21 bits per heavy atom. The van der Waals surface area contributed by atoms with Crippen LogP contribution >= 0.6 is 0 Å². The summed E-state index contributed by atoms with van der Waals surface area (Å²) in [6.45, 7) is 5.63. The topological polar surface area (TPSA) is 66.8 Å². The number of fused-ring (bicyclic) bond motifs is 2. The molecule has 0 saturated carbocycles. The highest BCUT2D eigenvalue weighted by Gasteiger charge is 2.43. The van der Waals surface area contributed by atoms with Crippen molar-refractivity contribution in [1.82, 2.24) is 9.60 Å². The van der Waals surface area contributed by atoms with E-state index in [1.807, 2.05) is 0 Å². The molecule has 2 aliphatic rings. The van der Waals surface area contributed by atoms with Crippen molar-refractivity contribution in [3.8, 4) is 5.75 Å². The summed E-state index contributed by atoms with van der Waals surface area (Å²) in [4.78, 5) is 26.6. The third kappa shape index (κ3) is 2.76. The van der Waals surface area contributed by atoms with Gasteiger partial charge in [0.05, 0.1) is 38.9 Å². The van der Waals surface area contributed by atoms with Crippen molar-refractivity contribution in [1.29, 1.82) is 0 Å². The molecule has 1 aliphatic heterocycles. The van der Waals surface area contributed by atoms with E-state index >= 15 is 0 Å². The standard InChI is InChI=1S/C22H24N2O4/c1-3-12-24(2,23-10-13-28-14-11-23)17-8-9-18(25)20-19(17)21(26)15-6-4-5-7-16(15)22(20)27/h4-9H,3,10-14H2,1-2H3/p+1. The van der Waals surface area contributed by atoms with E-state index in [9.17, 15) is 14.7 Å². The Kier molecular flexibility index (Phi) is 4.79. The van der Waals surface area contributed by atoms with E-state index in [2.05, 4.69) is 19.0 Å². The molecule has 1 atom stereocenters. The fourth-order valence-corrected chi connectivity index (χ4v) is 4.44. The number of carbonyl (C=O) groups excluding carboxylic acids is 2. The van der Waals surface area contributed by atoms with Crippen LogP contribution in [-0.4, -0.2) is 61.6 Å². The zero-order chi connectivity index (χ0) is 19.9. The minimum absolute atomic E-state index is 0.120. The number of aromatic hydroxyl groups is 1. The van der Waals surface area contributed by atoms with E-state index in [0.717, 1.165) is 31.7 Å². The van der Waals surface area contributed by atoms with Gasteiger partial charge in [-0.05, 0) is 12.5 Å². The molecular weight excluding hydrogens is 356 g/mol. The Morgan fingerprint density at radius 1 is 1.00 bits per heavy atom. The molecule has 1 aliphatic carbocycles. The average Bonchev–Trinajstić information content (AvgIpc) is 2.72. The van der Waals surface area contributed by atoms with Crippen LogP contribution in [-0.2, 0) is 4.74 Å². The van der Waals surface area contributed by atoms with Gasteiger partial charge in [-0.1, -0.05) is 31.2 Å². The zero-order valence-electron chi connectivity index (χ0n) is 16.3. The van der Waals surface area contributed by atoms with E-state index in [1.165, 1.54) is 0 Å². The van der Waals surface area contributed by atoms with Crippen molar-refractivity contribution in [3.05, 3.63) is 58.7 Å². The summed E-state index contributed by atoms with van der Waals surface area (Å²) in [6.07, 6.45) is 0.905. The minimum Gasteiger partial charge on any atom is -0.507 e. The van der Waals surface area contributed by atoms with Gasteiger partial charge in [-0.3, -0.25) is 9.59 Å². The van der Waals surface area contributed by atoms with E-state index in [4.69, 9.17) is 4.74 Å². The lowest BCUT2D eigenvalue weighted by Gasteiger charge is -2.45. The number of ketones is 2. The SMILES string of the molecule is CCC[N+](C)(c1ccc(O)c2c1C(=O)c1ccccc1C2=O)N1CCOCC1. The number of hydrogen-bond donors (Lipinski definition) is 1. The molecular formula is C22H25N2O4+. The molecule has 1 unspecified atom stereocenters. The smallest absolute Gasteiger partial charge is 0.200 e. The first kappa shape index (κ1) is 18.8. The Bertz CT molecular complexity index is 950. The second-order valence-corrected chi connectivity index (χ2v) is 7.49. The predicted octanol–water partition coefficient (Wildman–Crippen LogP) is 2.76. The number of hydrogen-bond acceptors (Lipinski definition) is 5. The van der Waals surface area contributed by atoms with Gasteiger partial charge in [0.2, 0.25) is 5.78 Å². The van der Waals surface area contributed by atoms with E-state index in [1.54, 1.807) is 36.4 Å². The molecule has 146 valence electrons. The molecule has 6 heteroatoms. The van der Waals surface area contributed by atoms with Crippen LogP contribution < -0.4 is 4.59 Å². The summed E-state index contributed by atoms with van der Waals surface area (Å²) in [5.74, 6) is -0.643. The minimum atomic E-state index is -0.297. The second-order valence-electron chi connectivity index (χ2n) is 7.49. The van der Waals surface area contributed by atoms with Crippen LogP contribution in [0.1, 0.15) is 45.2 Å². The highest BCUT2D eigenvalue weighted by Crippen LogP contribution is 2.41. The third-order valence-corrected chi connectivity index (χ3v) is 5.82. The molecule has 0 aromatic heterocycles. The van der Waals surface area contributed by atoms with Gasteiger partial charge in [-0.25, -0.2) is 4.59 Å². The van der Waals surface area contributed by atoms with Gasteiger partial charge in [-0.15, -0.1) is 5.01 Å². The van der Waals surface area contributed by atoms with Gasteiger partial charge in [0, 0.05) is 17.2 Å². The number of morpholine rings is 1. The predicted molar refractivity (Wildman–Crippen MR) is 107 cm³/mol. The summed E-state index contributed by atoms with van der Waals surface area (Å²) >= 11 is 0. The number of ether oxygens (including phenoxy) is 1. The van der Waals surface area contributed by atoms with E-state index < -0.39 is 0 Å². The van der Waals surface area contributed by atoms with Crippen molar-refractivity contribution in [2.24, 2.45) is 0 Å². The normalized spacial score (nSPS) is 19.1. The average molecular weight is 381 g/mol. The molecule has 2 aromatic carbocycles. The molecule has 0 radical (unpaired) electrons. The highest BCUT2D eigenvalue weighted by molar-refractivity contribution is 6.31. The maximum Gasteiger partial charge on any atom is 0.200 e. The molecule has 1 N–H and O–H groups in total. The Hall–Kier alpha value is -2.54. The summed E-state index contributed by atoms with van der Waals surface area (Å²) < 4.78 is 5.92. The number of quaternary nitrogens is 1. The maximum absolute atomic E-state index is 13.4. The molecule has 1 saturated heterocycles. The Balaban J connectivity index is 1.94. The highest BCUT2D eigenvalue weighted by atomic mass is 16.5. The van der Waals surface area contributed by atoms with Crippen molar-refractivity contribution >= 4 is 17.3 Å². The van der Waals surface area contributed by atoms with E-state index in [-0.39, 0.29) is 22.9 Å². The van der Waals surface area contributed by atoms with Crippen LogP contribution in [0.5, 0.6) is 5.75 Å². The van der Waals surface area contributed by atoms with Gasteiger partial charge in [0.1, 0.15) is 17.9 Å². The van der Waals surface area contributed by atoms with Gasteiger partial charge in [0.25, 0.3) is 0 Å². The summed E-state index contributed by atoms with van der Waals surface area (Å²) in [5.41, 5.74) is 1.95. The first-order valence-electron chi connectivity index (χ1n) is 9.72. The third-order valence-electron chi connectivity index (χ3n) is 5.82. The van der Waals surface area contributed by atoms with Gasteiger partial charge >= 0.3 is 0 Å².